The maximum absolute atomic E-state index is 13.2. The van der Waals surface area contributed by atoms with Crippen LogP contribution in [0.1, 0.15) is 50.5 Å². The van der Waals surface area contributed by atoms with Crippen LogP contribution < -0.4 is 0 Å². The Morgan fingerprint density at radius 2 is 2.04 bits per heavy atom. The monoisotopic (exact) mass is 355 g/mol. The third kappa shape index (κ3) is 4.32. The Kier molecular flexibility index (Phi) is 6.42. The summed E-state index contributed by atoms with van der Waals surface area (Å²) in [6, 6.07) is 3.53. The molecule has 0 spiro atoms. The minimum atomic E-state index is -0.318. The molecule has 2 fully saturated rings. The van der Waals surface area contributed by atoms with Gasteiger partial charge in [0.1, 0.15) is 6.04 Å². The van der Waals surface area contributed by atoms with Crippen LogP contribution in [0.15, 0.2) is 37.2 Å². The molecule has 2 aliphatic rings. The van der Waals surface area contributed by atoms with Crippen LogP contribution >= 0.6 is 0 Å². The van der Waals surface area contributed by atoms with Crippen molar-refractivity contribution in [3.8, 4) is 0 Å². The van der Waals surface area contributed by atoms with Gasteiger partial charge in [0.25, 0.3) is 0 Å². The lowest BCUT2D eigenvalue weighted by Crippen LogP contribution is -2.49. The smallest absolute Gasteiger partial charge is 0.245 e. The fraction of sp³-hybridized carbons (Fsp3) is 0.571. The van der Waals surface area contributed by atoms with E-state index in [-0.39, 0.29) is 23.8 Å². The van der Waals surface area contributed by atoms with E-state index in [1.807, 2.05) is 17.0 Å². The van der Waals surface area contributed by atoms with Crippen molar-refractivity contribution in [1.82, 2.24) is 14.8 Å². The molecular formula is C21H29N3O2. The lowest BCUT2D eigenvalue weighted by atomic mass is 9.88. The van der Waals surface area contributed by atoms with Crippen LogP contribution in [-0.4, -0.2) is 45.7 Å². The largest absolute Gasteiger partial charge is 0.333 e. The summed E-state index contributed by atoms with van der Waals surface area (Å²) in [5, 5.41) is 0. The molecule has 0 aromatic carbocycles. The number of carbonyl (C=O) groups is 2. The molecule has 2 amide bonds. The van der Waals surface area contributed by atoms with E-state index in [1.165, 1.54) is 6.42 Å². The Morgan fingerprint density at radius 1 is 1.23 bits per heavy atom. The molecule has 1 aromatic rings. The van der Waals surface area contributed by atoms with Crippen LogP contribution in [0.25, 0.3) is 0 Å². The van der Waals surface area contributed by atoms with Crippen LogP contribution in [0, 0.1) is 5.92 Å². The van der Waals surface area contributed by atoms with Gasteiger partial charge >= 0.3 is 0 Å². The van der Waals surface area contributed by atoms with E-state index in [0.29, 0.717) is 19.6 Å². The average molecular weight is 355 g/mol. The molecular weight excluding hydrogens is 326 g/mol. The molecule has 3 rings (SSSR count). The van der Waals surface area contributed by atoms with Crippen molar-refractivity contribution in [3.05, 3.63) is 42.7 Å². The SMILES string of the molecule is C=CCN(Cc1cccnc1)C(=O)C1CCCN1C(=O)C1CCCCC1. The van der Waals surface area contributed by atoms with Gasteiger partial charge in [-0.1, -0.05) is 31.4 Å². The molecule has 1 aromatic heterocycles. The molecule has 1 atom stereocenters. The standard InChI is InChI=1S/C21H29N3O2/c1-2-13-23(16-17-8-6-12-22-15-17)21(26)19-11-7-14-24(19)20(25)18-9-4-3-5-10-18/h2,6,8,12,15,18-19H,1,3-5,7,9-11,13-14,16H2. The molecule has 1 unspecified atom stereocenters. The molecule has 0 bridgehead atoms. The molecule has 2 heterocycles. The second-order valence-corrected chi connectivity index (χ2v) is 7.39. The number of carbonyl (C=O) groups excluding carboxylic acids is 2. The zero-order chi connectivity index (χ0) is 18.4. The molecule has 1 saturated heterocycles. The zero-order valence-electron chi connectivity index (χ0n) is 15.5. The minimum absolute atomic E-state index is 0.0374. The van der Waals surface area contributed by atoms with E-state index in [0.717, 1.165) is 44.1 Å². The summed E-state index contributed by atoms with van der Waals surface area (Å²) in [7, 11) is 0. The number of hydrogen-bond acceptors (Lipinski definition) is 3. The number of pyridine rings is 1. The van der Waals surface area contributed by atoms with Crippen molar-refractivity contribution in [1.29, 1.82) is 0 Å². The number of hydrogen-bond donors (Lipinski definition) is 0. The Balaban J connectivity index is 1.70. The van der Waals surface area contributed by atoms with E-state index in [4.69, 9.17) is 0 Å². The first kappa shape index (κ1) is 18.6. The Bertz CT molecular complexity index is 625. The van der Waals surface area contributed by atoms with Crippen LogP contribution in [0.4, 0.5) is 0 Å². The van der Waals surface area contributed by atoms with Gasteiger partial charge in [-0.05, 0) is 37.3 Å². The number of amides is 2. The van der Waals surface area contributed by atoms with Crippen molar-refractivity contribution in [3.63, 3.8) is 0 Å². The minimum Gasteiger partial charge on any atom is -0.333 e. The van der Waals surface area contributed by atoms with Crippen molar-refractivity contribution in [2.45, 2.75) is 57.5 Å². The van der Waals surface area contributed by atoms with Crippen molar-refractivity contribution >= 4 is 11.8 Å². The fourth-order valence-electron chi connectivity index (χ4n) is 4.18. The third-order valence-electron chi connectivity index (χ3n) is 5.53. The van der Waals surface area contributed by atoms with Gasteiger partial charge in [-0.2, -0.15) is 0 Å². The molecule has 5 heteroatoms. The van der Waals surface area contributed by atoms with E-state index < -0.39 is 0 Å². The molecule has 1 aliphatic carbocycles. The second kappa shape index (κ2) is 8.97. The van der Waals surface area contributed by atoms with E-state index >= 15 is 0 Å². The highest BCUT2D eigenvalue weighted by molar-refractivity contribution is 5.89. The predicted octanol–water partition coefficient (Wildman–Crippen LogP) is 3.17. The summed E-state index contributed by atoms with van der Waals surface area (Å²) in [6.07, 6.45) is 12.4. The second-order valence-electron chi connectivity index (χ2n) is 7.39. The molecule has 0 radical (unpaired) electrons. The summed E-state index contributed by atoms with van der Waals surface area (Å²) in [6.45, 7) is 5.48. The molecule has 5 nitrogen and oxygen atoms in total. The quantitative estimate of drug-likeness (QED) is 0.737. The highest BCUT2D eigenvalue weighted by atomic mass is 16.2. The maximum atomic E-state index is 13.2. The normalized spacial score (nSPS) is 20.8. The highest BCUT2D eigenvalue weighted by Gasteiger charge is 2.38. The van der Waals surface area contributed by atoms with Gasteiger partial charge in [-0.15, -0.1) is 6.58 Å². The van der Waals surface area contributed by atoms with E-state index in [2.05, 4.69) is 11.6 Å². The first-order valence-corrected chi connectivity index (χ1v) is 9.79. The van der Waals surface area contributed by atoms with Gasteiger partial charge in [0.05, 0.1) is 0 Å². The van der Waals surface area contributed by atoms with Crippen LogP contribution in [0.2, 0.25) is 0 Å². The average Bonchev–Trinajstić information content (AvgIpc) is 3.18. The van der Waals surface area contributed by atoms with Gasteiger partial charge in [0.15, 0.2) is 0 Å². The summed E-state index contributed by atoms with van der Waals surface area (Å²) in [5.41, 5.74) is 0.992. The Labute approximate surface area is 156 Å². The molecule has 1 saturated carbocycles. The lowest BCUT2D eigenvalue weighted by molar-refractivity contribution is -0.146. The number of rotatable bonds is 6. The fourth-order valence-corrected chi connectivity index (χ4v) is 4.18. The molecule has 26 heavy (non-hydrogen) atoms. The van der Waals surface area contributed by atoms with Crippen LogP contribution in [-0.2, 0) is 16.1 Å². The first-order chi connectivity index (χ1) is 12.7. The summed E-state index contributed by atoms with van der Waals surface area (Å²) in [5.74, 6) is 0.347. The molecule has 0 N–H and O–H groups in total. The van der Waals surface area contributed by atoms with Crippen molar-refractivity contribution in [2.24, 2.45) is 5.92 Å². The van der Waals surface area contributed by atoms with E-state index in [9.17, 15) is 9.59 Å². The predicted molar refractivity (Wildman–Crippen MR) is 101 cm³/mol. The van der Waals surface area contributed by atoms with Crippen molar-refractivity contribution in [2.75, 3.05) is 13.1 Å². The number of nitrogens with zero attached hydrogens (tertiary/aromatic N) is 3. The summed E-state index contributed by atoms with van der Waals surface area (Å²) in [4.78, 5) is 34.0. The molecule has 1 aliphatic heterocycles. The van der Waals surface area contributed by atoms with Crippen molar-refractivity contribution < 1.29 is 9.59 Å². The summed E-state index contributed by atoms with van der Waals surface area (Å²) >= 11 is 0. The highest BCUT2D eigenvalue weighted by Crippen LogP contribution is 2.29. The topological polar surface area (TPSA) is 53.5 Å². The first-order valence-electron chi connectivity index (χ1n) is 9.79. The summed E-state index contributed by atoms with van der Waals surface area (Å²) < 4.78 is 0. The lowest BCUT2D eigenvalue weighted by Gasteiger charge is -2.33. The third-order valence-corrected chi connectivity index (χ3v) is 5.53. The van der Waals surface area contributed by atoms with Gasteiger partial charge in [0.2, 0.25) is 11.8 Å². The number of aromatic nitrogens is 1. The van der Waals surface area contributed by atoms with Gasteiger partial charge in [-0.3, -0.25) is 14.6 Å². The Hall–Kier alpha value is -2.17. The Morgan fingerprint density at radius 3 is 2.73 bits per heavy atom. The van der Waals surface area contributed by atoms with E-state index in [1.54, 1.807) is 23.4 Å². The van der Waals surface area contributed by atoms with Crippen LogP contribution in [0.3, 0.4) is 0 Å². The van der Waals surface area contributed by atoms with Crippen LogP contribution in [0.5, 0.6) is 0 Å². The van der Waals surface area contributed by atoms with Gasteiger partial charge < -0.3 is 9.80 Å². The van der Waals surface area contributed by atoms with Gasteiger partial charge in [-0.25, -0.2) is 0 Å². The zero-order valence-corrected chi connectivity index (χ0v) is 15.5. The number of likely N-dealkylation sites (tertiary alicyclic amines) is 1. The van der Waals surface area contributed by atoms with Gasteiger partial charge in [0, 0.05) is 37.9 Å². The molecule has 140 valence electrons. The maximum Gasteiger partial charge on any atom is 0.245 e.